The fourth-order valence-electron chi connectivity index (χ4n) is 2.71. The van der Waals surface area contributed by atoms with Crippen molar-refractivity contribution in [3.05, 3.63) is 24.3 Å². The monoisotopic (exact) mass is 247 g/mol. The lowest BCUT2D eigenvalue weighted by Gasteiger charge is -2.33. The van der Waals surface area contributed by atoms with Gasteiger partial charge in [-0.1, -0.05) is 6.42 Å². The average Bonchev–Trinajstić information content (AvgIpc) is 2.38. The molecular formula is C15H25N3. The first-order valence-corrected chi connectivity index (χ1v) is 6.94. The lowest BCUT2D eigenvalue weighted by molar-refractivity contribution is 0.178. The van der Waals surface area contributed by atoms with Crippen molar-refractivity contribution in [3.63, 3.8) is 0 Å². The molecule has 100 valence electrons. The minimum Gasteiger partial charge on any atom is -0.399 e. The number of rotatable bonds is 4. The molecule has 18 heavy (non-hydrogen) atoms. The van der Waals surface area contributed by atoms with Crippen molar-refractivity contribution < 1.29 is 0 Å². The van der Waals surface area contributed by atoms with E-state index in [1.807, 2.05) is 12.1 Å². The van der Waals surface area contributed by atoms with E-state index < -0.39 is 0 Å². The maximum atomic E-state index is 5.71. The molecule has 1 aromatic rings. The van der Waals surface area contributed by atoms with Gasteiger partial charge in [-0.2, -0.15) is 0 Å². The lowest BCUT2D eigenvalue weighted by atomic mass is 10.00. The van der Waals surface area contributed by atoms with Gasteiger partial charge in [0.15, 0.2) is 0 Å². The van der Waals surface area contributed by atoms with Crippen LogP contribution in [0.15, 0.2) is 24.3 Å². The van der Waals surface area contributed by atoms with Gasteiger partial charge in [0.05, 0.1) is 0 Å². The van der Waals surface area contributed by atoms with Gasteiger partial charge < -0.3 is 15.5 Å². The number of nitrogens with zero attached hydrogens (tertiary/aromatic N) is 2. The summed E-state index contributed by atoms with van der Waals surface area (Å²) in [5.41, 5.74) is 7.80. The summed E-state index contributed by atoms with van der Waals surface area (Å²) < 4.78 is 0. The van der Waals surface area contributed by atoms with Crippen LogP contribution in [0, 0.1) is 0 Å². The van der Waals surface area contributed by atoms with Gasteiger partial charge in [-0.25, -0.2) is 0 Å². The van der Waals surface area contributed by atoms with Crippen LogP contribution in [0.3, 0.4) is 0 Å². The fraction of sp³-hybridized carbons (Fsp3) is 0.600. The third kappa shape index (κ3) is 3.39. The Hall–Kier alpha value is -1.22. The van der Waals surface area contributed by atoms with Gasteiger partial charge >= 0.3 is 0 Å². The number of nitrogen functional groups attached to an aromatic ring is 1. The molecule has 3 heteroatoms. The normalized spacial score (nSPS) is 20.9. The third-order valence-electron chi connectivity index (χ3n) is 4.05. The van der Waals surface area contributed by atoms with Gasteiger partial charge in [-0.05, 0) is 57.1 Å². The number of likely N-dealkylation sites (tertiary alicyclic amines) is 1. The van der Waals surface area contributed by atoms with Crippen molar-refractivity contribution in [2.45, 2.75) is 31.7 Å². The Morgan fingerprint density at radius 3 is 2.67 bits per heavy atom. The van der Waals surface area contributed by atoms with Crippen molar-refractivity contribution in [1.29, 1.82) is 0 Å². The first-order chi connectivity index (χ1) is 8.66. The molecule has 1 aromatic carbocycles. The first kappa shape index (κ1) is 13.2. The lowest BCUT2D eigenvalue weighted by Crippen LogP contribution is -2.38. The summed E-state index contributed by atoms with van der Waals surface area (Å²) in [6, 6.07) is 8.90. The van der Waals surface area contributed by atoms with E-state index >= 15 is 0 Å². The maximum Gasteiger partial charge on any atom is 0.0365 e. The average molecular weight is 247 g/mol. The highest BCUT2D eigenvalue weighted by molar-refractivity contribution is 5.52. The number of anilines is 2. The molecule has 1 aliphatic heterocycles. The number of piperidine rings is 1. The van der Waals surface area contributed by atoms with Crippen molar-refractivity contribution in [2.75, 3.05) is 37.8 Å². The van der Waals surface area contributed by atoms with E-state index in [1.54, 1.807) is 0 Å². The van der Waals surface area contributed by atoms with Gasteiger partial charge in [0.2, 0.25) is 0 Å². The number of nitrogens with two attached hydrogens (primary N) is 1. The van der Waals surface area contributed by atoms with Gasteiger partial charge in [0, 0.05) is 31.0 Å². The molecule has 0 spiro atoms. The molecular weight excluding hydrogens is 222 g/mol. The Morgan fingerprint density at radius 1 is 1.28 bits per heavy atom. The summed E-state index contributed by atoms with van der Waals surface area (Å²) in [4.78, 5) is 4.84. The molecule has 0 amide bonds. The molecule has 0 saturated carbocycles. The van der Waals surface area contributed by atoms with Gasteiger partial charge in [-0.3, -0.25) is 0 Å². The molecule has 0 bridgehead atoms. The smallest absolute Gasteiger partial charge is 0.0365 e. The predicted molar refractivity (Wildman–Crippen MR) is 79.0 cm³/mol. The Kier molecular flexibility index (Phi) is 4.48. The van der Waals surface area contributed by atoms with Crippen molar-refractivity contribution in [1.82, 2.24) is 4.90 Å². The highest BCUT2D eigenvalue weighted by Crippen LogP contribution is 2.20. The van der Waals surface area contributed by atoms with E-state index in [4.69, 9.17) is 5.73 Å². The SMILES string of the molecule is CN(CCC1CCCCN1C)c1ccc(N)cc1. The Labute approximate surface area is 111 Å². The number of hydrogen-bond acceptors (Lipinski definition) is 3. The summed E-state index contributed by atoms with van der Waals surface area (Å²) in [7, 11) is 4.42. The Balaban J connectivity index is 1.83. The number of hydrogen-bond donors (Lipinski definition) is 1. The van der Waals surface area contributed by atoms with E-state index in [2.05, 4.69) is 36.0 Å². The molecule has 1 heterocycles. The maximum absolute atomic E-state index is 5.71. The van der Waals surface area contributed by atoms with E-state index in [0.29, 0.717) is 0 Å². The van der Waals surface area contributed by atoms with E-state index in [1.165, 1.54) is 37.9 Å². The summed E-state index contributed by atoms with van der Waals surface area (Å²) >= 11 is 0. The summed E-state index contributed by atoms with van der Waals surface area (Å²) in [5, 5.41) is 0. The minimum absolute atomic E-state index is 0.759. The zero-order valence-electron chi connectivity index (χ0n) is 11.6. The third-order valence-corrected chi connectivity index (χ3v) is 4.05. The zero-order chi connectivity index (χ0) is 13.0. The minimum atomic E-state index is 0.759. The summed E-state index contributed by atoms with van der Waals surface area (Å²) in [5.74, 6) is 0. The highest BCUT2D eigenvalue weighted by Gasteiger charge is 2.18. The van der Waals surface area contributed by atoms with Crippen LogP contribution >= 0.6 is 0 Å². The molecule has 3 nitrogen and oxygen atoms in total. The number of benzene rings is 1. The molecule has 0 radical (unpaired) electrons. The standard InChI is InChI=1S/C15H25N3/c1-17-11-4-3-5-14(17)10-12-18(2)15-8-6-13(16)7-9-15/h6-9,14H,3-5,10-12,16H2,1-2H3. The van der Waals surface area contributed by atoms with Crippen molar-refractivity contribution in [2.24, 2.45) is 0 Å². The fourth-order valence-corrected chi connectivity index (χ4v) is 2.71. The predicted octanol–water partition coefficient (Wildman–Crippen LogP) is 2.58. The Bertz CT molecular complexity index is 361. The molecule has 0 aliphatic carbocycles. The molecule has 2 rings (SSSR count). The first-order valence-electron chi connectivity index (χ1n) is 6.94. The summed E-state index contributed by atoms with van der Waals surface area (Å²) in [6.07, 6.45) is 5.35. The molecule has 1 aliphatic rings. The van der Waals surface area contributed by atoms with Gasteiger partial charge in [-0.15, -0.1) is 0 Å². The second-order valence-electron chi connectivity index (χ2n) is 5.43. The summed E-state index contributed by atoms with van der Waals surface area (Å²) in [6.45, 7) is 2.37. The van der Waals surface area contributed by atoms with Crippen LogP contribution in [0.1, 0.15) is 25.7 Å². The molecule has 2 N–H and O–H groups in total. The second-order valence-corrected chi connectivity index (χ2v) is 5.43. The highest BCUT2D eigenvalue weighted by atomic mass is 15.1. The van der Waals surface area contributed by atoms with E-state index in [9.17, 15) is 0 Å². The molecule has 1 saturated heterocycles. The van der Waals surface area contributed by atoms with E-state index in [0.717, 1.165) is 18.3 Å². The molecule has 0 aromatic heterocycles. The van der Waals surface area contributed by atoms with E-state index in [-0.39, 0.29) is 0 Å². The quantitative estimate of drug-likeness (QED) is 0.830. The largest absolute Gasteiger partial charge is 0.399 e. The Morgan fingerprint density at radius 2 is 2.00 bits per heavy atom. The second kappa shape index (κ2) is 6.10. The van der Waals surface area contributed by atoms with Crippen LogP contribution in [0.2, 0.25) is 0 Å². The van der Waals surface area contributed by atoms with Crippen LogP contribution in [0.25, 0.3) is 0 Å². The van der Waals surface area contributed by atoms with Gasteiger partial charge in [0.1, 0.15) is 0 Å². The molecule has 1 atom stereocenters. The van der Waals surface area contributed by atoms with Crippen molar-refractivity contribution >= 4 is 11.4 Å². The van der Waals surface area contributed by atoms with Crippen molar-refractivity contribution in [3.8, 4) is 0 Å². The van der Waals surface area contributed by atoms with Crippen LogP contribution in [-0.4, -0.2) is 38.1 Å². The topological polar surface area (TPSA) is 32.5 Å². The van der Waals surface area contributed by atoms with Crippen LogP contribution in [-0.2, 0) is 0 Å². The van der Waals surface area contributed by atoms with Crippen LogP contribution in [0.5, 0.6) is 0 Å². The molecule has 1 unspecified atom stereocenters. The van der Waals surface area contributed by atoms with Crippen LogP contribution in [0.4, 0.5) is 11.4 Å². The van der Waals surface area contributed by atoms with Gasteiger partial charge in [0.25, 0.3) is 0 Å². The molecule has 1 fully saturated rings. The van der Waals surface area contributed by atoms with Crippen LogP contribution < -0.4 is 10.6 Å². The zero-order valence-corrected chi connectivity index (χ0v) is 11.6.